The van der Waals surface area contributed by atoms with Gasteiger partial charge in [-0.1, -0.05) is 18.2 Å². The highest BCUT2D eigenvalue weighted by atomic mass is 16.3. The highest BCUT2D eigenvalue weighted by Gasteiger charge is 2.12. The van der Waals surface area contributed by atoms with E-state index in [9.17, 15) is 0 Å². The zero-order chi connectivity index (χ0) is 18.4. The molecule has 0 saturated carbocycles. The van der Waals surface area contributed by atoms with Crippen molar-refractivity contribution in [3.05, 3.63) is 71.4 Å². The summed E-state index contributed by atoms with van der Waals surface area (Å²) in [5.74, 6) is 1.63. The lowest BCUT2D eigenvalue weighted by Crippen LogP contribution is -2.36. The Hall–Kier alpha value is -3.02. The third-order valence-corrected chi connectivity index (χ3v) is 4.19. The van der Waals surface area contributed by atoms with Crippen molar-refractivity contribution in [3.8, 4) is 5.69 Å². The van der Waals surface area contributed by atoms with Crippen LogP contribution < -0.4 is 10.6 Å². The molecule has 0 spiro atoms. The second-order valence-electron chi connectivity index (χ2n) is 6.02. The molecule has 3 rings (SSSR count). The van der Waals surface area contributed by atoms with Gasteiger partial charge in [0.05, 0.1) is 30.7 Å². The summed E-state index contributed by atoms with van der Waals surface area (Å²) in [5, 5.41) is 11.2. The topological polar surface area (TPSA) is 67.4 Å². The molecule has 0 fully saturated rings. The molecule has 26 heavy (non-hydrogen) atoms. The molecule has 136 valence electrons. The number of guanidine groups is 1. The lowest BCUT2D eigenvalue weighted by molar-refractivity contribution is 0.501. The molecule has 1 aromatic carbocycles. The maximum atomic E-state index is 5.36. The zero-order valence-electron chi connectivity index (χ0n) is 15.5. The van der Waals surface area contributed by atoms with E-state index in [1.807, 2.05) is 48.9 Å². The monoisotopic (exact) mass is 351 g/mol. The van der Waals surface area contributed by atoms with Gasteiger partial charge < -0.3 is 15.1 Å². The number of para-hydroxylation sites is 1. The first kappa shape index (κ1) is 17.8. The van der Waals surface area contributed by atoms with E-state index in [-0.39, 0.29) is 0 Å². The average Bonchev–Trinajstić information content (AvgIpc) is 3.27. The van der Waals surface area contributed by atoms with E-state index >= 15 is 0 Å². The largest absolute Gasteiger partial charge is 0.467 e. The normalized spacial score (nSPS) is 11.6. The van der Waals surface area contributed by atoms with Gasteiger partial charge in [-0.2, -0.15) is 5.10 Å². The first-order chi connectivity index (χ1) is 12.7. The van der Waals surface area contributed by atoms with Gasteiger partial charge >= 0.3 is 0 Å². The minimum atomic E-state index is 0.567. The van der Waals surface area contributed by atoms with E-state index in [0.717, 1.165) is 40.9 Å². The number of benzene rings is 1. The van der Waals surface area contributed by atoms with Crippen molar-refractivity contribution in [2.24, 2.45) is 4.99 Å². The van der Waals surface area contributed by atoms with Crippen LogP contribution in [-0.4, -0.2) is 22.3 Å². The maximum absolute atomic E-state index is 5.36. The summed E-state index contributed by atoms with van der Waals surface area (Å²) in [6.45, 7) is 8.12. The minimum absolute atomic E-state index is 0.567. The second-order valence-corrected chi connectivity index (χ2v) is 6.02. The predicted molar refractivity (Wildman–Crippen MR) is 103 cm³/mol. The molecule has 0 atom stereocenters. The van der Waals surface area contributed by atoms with Gasteiger partial charge in [0, 0.05) is 17.8 Å². The summed E-state index contributed by atoms with van der Waals surface area (Å²) in [6.07, 6.45) is 1.67. The Morgan fingerprint density at radius 2 is 1.92 bits per heavy atom. The number of hydrogen-bond acceptors (Lipinski definition) is 3. The Balaban J connectivity index is 1.75. The van der Waals surface area contributed by atoms with Crippen molar-refractivity contribution in [1.29, 1.82) is 0 Å². The number of furan rings is 1. The van der Waals surface area contributed by atoms with E-state index in [0.29, 0.717) is 13.1 Å². The summed E-state index contributed by atoms with van der Waals surface area (Å²) < 4.78 is 7.33. The molecule has 2 heterocycles. The Labute approximate surface area is 153 Å². The van der Waals surface area contributed by atoms with Crippen LogP contribution in [0.2, 0.25) is 0 Å². The van der Waals surface area contributed by atoms with E-state index in [4.69, 9.17) is 9.41 Å². The molecule has 0 radical (unpaired) electrons. The third kappa shape index (κ3) is 4.14. The lowest BCUT2D eigenvalue weighted by atomic mass is 10.2. The molecule has 2 aromatic heterocycles. The fourth-order valence-corrected chi connectivity index (χ4v) is 2.81. The number of aromatic nitrogens is 2. The van der Waals surface area contributed by atoms with Crippen molar-refractivity contribution in [3.63, 3.8) is 0 Å². The summed E-state index contributed by atoms with van der Waals surface area (Å²) >= 11 is 0. The molecule has 0 aliphatic carbocycles. The zero-order valence-corrected chi connectivity index (χ0v) is 15.5. The van der Waals surface area contributed by atoms with Crippen LogP contribution in [0.1, 0.15) is 29.6 Å². The van der Waals surface area contributed by atoms with Crippen LogP contribution in [-0.2, 0) is 13.1 Å². The van der Waals surface area contributed by atoms with Crippen molar-refractivity contribution >= 4 is 5.96 Å². The van der Waals surface area contributed by atoms with E-state index in [1.54, 1.807) is 6.26 Å². The Kier molecular flexibility index (Phi) is 5.73. The fraction of sp³-hybridized carbons (Fsp3) is 0.300. The van der Waals surface area contributed by atoms with Crippen LogP contribution in [0.15, 0.2) is 58.1 Å². The van der Waals surface area contributed by atoms with Crippen molar-refractivity contribution < 1.29 is 4.42 Å². The van der Waals surface area contributed by atoms with Gasteiger partial charge in [0.15, 0.2) is 5.96 Å². The summed E-state index contributed by atoms with van der Waals surface area (Å²) in [4.78, 5) is 4.71. The Morgan fingerprint density at radius 3 is 2.62 bits per heavy atom. The standard InChI is InChI=1S/C20H25N5O/c1-4-21-20(22-13-18-11-8-12-26-18)23-14-19-15(2)24-25(16(19)3)17-9-6-5-7-10-17/h5-12H,4,13-14H2,1-3H3,(H2,21,22,23). The highest BCUT2D eigenvalue weighted by molar-refractivity contribution is 5.79. The van der Waals surface area contributed by atoms with Gasteiger partial charge in [-0.05, 0) is 45.0 Å². The number of aryl methyl sites for hydroxylation is 1. The molecule has 6 heteroatoms. The molecule has 0 aliphatic heterocycles. The van der Waals surface area contributed by atoms with Crippen LogP contribution in [0, 0.1) is 13.8 Å². The predicted octanol–water partition coefficient (Wildman–Crippen LogP) is 3.34. The van der Waals surface area contributed by atoms with Gasteiger partial charge in [-0.3, -0.25) is 0 Å². The number of rotatable bonds is 6. The molecule has 3 aromatic rings. The first-order valence-corrected chi connectivity index (χ1v) is 8.84. The van der Waals surface area contributed by atoms with Gasteiger partial charge in [-0.25, -0.2) is 9.67 Å². The Bertz CT molecular complexity index is 850. The van der Waals surface area contributed by atoms with Gasteiger partial charge in [0.1, 0.15) is 5.76 Å². The van der Waals surface area contributed by atoms with Crippen molar-refractivity contribution in [1.82, 2.24) is 20.4 Å². The average molecular weight is 351 g/mol. The van der Waals surface area contributed by atoms with Gasteiger partial charge in [0.25, 0.3) is 0 Å². The third-order valence-electron chi connectivity index (χ3n) is 4.19. The maximum Gasteiger partial charge on any atom is 0.191 e. The van der Waals surface area contributed by atoms with E-state index < -0.39 is 0 Å². The molecule has 2 N–H and O–H groups in total. The fourth-order valence-electron chi connectivity index (χ4n) is 2.81. The lowest BCUT2D eigenvalue weighted by Gasteiger charge is -2.10. The minimum Gasteiger partial charge on any atom is -0.467 e. The number of aliphatic imine (C=N–C) groups is 1. The SMILES string of the molecule is CCNC(=NCc1c(C)nn(-c2ccccc2)c1C)NCc1ccco1. The van der Waals surface area contributed by atoms with Crippen molar-refractivity contribution in [2.45, 2.75) is 33.9 Å². The Morgan fingerprint density at radius 1 is 1.12 bits per heavy atom. The molecular weight excluding hydrogens is 326 g/mol. The summed E-state index contributed by atoms with van der Waals surface area (Å²) in [5.41, 5.74) is 4.31. The molecule has 0 amide bonds. The van der Waals surface area contributed by atoms with Gasteiger partial charge in [0.2, 0.25) is 0 Å². The quantitative estimate of drug-likeness (QED) is 0.528. The molecular formula is C20H25N5O. The smallest absolute Gasteiger partial charge is 0.191 e. The number of nitrogens with zero attached hydrogens (tertiary/aromatic N) is 3. The number of nitrogens with one attached hydrogen (secondary N) is 2. The van der Waals surface area contributed by atoms with Crippen molar-refractivity contribution in [2.75, 3.05) is 6.54 Å². The number of hydrogen-bond donors (Lipinski definition) is 2. The first-order valence-electron chi connectivity index (χ1n) is 8.84. The van der Waals surface area contributed by atoms with Gasteiger partial charge in [-0.15, -0.1) is 0 Å². The molecule has 0 unspecified atom stereocenters. The molecule has 0 aliphatic rings. The summed E-state index contributed by atoms with van der Waals surface area (Å²) in [7, 11) is 0. The second kappa shape index (κ2) is 8.38. The van der Waals surface area contributed by atoms with Crippen LogP contribution in [0.25, 0.3) is 5.69 Å². The van der Waals surface area contributed by atoms with Crippen LogP contribution in [0.5, 0.6) is 0 Å². The van der Waals surface area contributed by atoms with Crippen LogP contribution in [0.4, 0.5) is 0 Å². The molecule has 6 nitrogen and oxygen atoms in total. The highest BCUT2D eigenvalue weighted by Crippen LogP contribution is 2.18. The molecule has 0 saturated heterocycles. The van der Waals surface area contributed by atoms with E-state index in [2.05, 4.69) is 34.8 Å². The van der Waals surface area contributed by atoms with Crippen LogP contribution in [0.3, 0.4) is 0 Å². The summed E-state index contributed by atoms with van der Waals surface area (Å²) in [6, 6.07) is 14.0. The van der Waals surface area contributed by atoms with Crippen LogP contribution >= 0.6 is 0 Å². The van der Waals surface area contributed by atoms with E-state index in [1.165, 1.54) is 0 Å². The molecule has 0 bridgehead atoms.